The summed E-state index contributed by atoms with van der Waals surface area (Å²) in [6.45, 7) is 4.68. The summed E-state index contributed by atoms with van der Waals surface area (Å²) in [5, 5.41) is 5.15. The van der Waals surface area contributed by atoms with E-state index in [1.54, 1.807) is 17.6 Å². The average Bonchev–Trinajstić information content (AvgIpc) is 3.14. The van der Waals surface area contributed by atoms with Crippen molar-refractivity contribution in [1.82, 2.24) is 4.98 Å². The molecule has 3 aromatic carbocycles. The third kappa shape index (κ3) is 4.93. The van der Waals surface area contributed by atoms with Crippen molar-refractivity contribution in [2.45, 2.75) is 20.5 Å². The van der Waals surface area contributed by atoms with Crippen LogP contribution in [0.4, 0.5) is 5.13 Å². The van der Waals surface area contributed by atoms with Crippen molar-refractivity contribution in [3.63, 3.8) is 0 Å². The molecule has 1 heterocycles. The van der Waals surface area contributed by atoms with Crippen LogP contribution in [0.3, 0.4) is 0 Å². The van der Waals surface area contributed by atoms with Crippen molar-refractivity contribution in [2.24, 2.45) is 5.10 Å². The van der Waals surface area contributed by atoms with Crippen LogP contribution in [-0.2, 0) is 6.61 Å². The van der Waals surface area contributed by atoms with Crippen LogP contribution in [0.5, 0.6) is 5.75 Å². The van der Waals surface area contributed by atoms with Gasteiger partial charge in [-0.1, -0.05) is 72.3 Å². The van der Waals surface area contributed by atoms with Gasteiger partial charge in [-0.25, -0.2) is 4.98 Å². The fourth-order valence-electron chi connectivity index (χ4n) is 3.15. The number of hydrogen-bond acceptors (Lipinski definition) is 5. The molecule has 1 N–H and O–H groups in total. The first-order valence-electron chi connectivity index (χ1n) is 9.78. The molecule has 0 aliphatic heterocycles. The number of rotatable bonds is 7. The monoisotopic (exact) mass is 413 g/mol. The predicted molar refractivity (Wildman–Crippen MR) is 125 cm³/mol. The number of para-hydroxylation sites is 1. The summed E-state index contributed by atoms with van der Waals surface area (Å²) in [7, 11) is 0. The van der Waals surface area contributed by atoms with Gasteiger partial charge >= 0.3 is 0 Å². The Labute approximate surface area is 180 Å². The lowest BCUT2D eigenvalue weighted by molar-refractivity contribution is 0.305. The average molecular weight is 414 g/mol. The van der Waals surface area contributed by atoms with Gasteiger partial charge < -0.3 is 4.74 Å². The molecule has 0 radical (unpaired) electrons. The highest BCUT2D eigenvalue weighted by Crippen LogP contribution is 2.30. The second-order valence-electron chi connectivity index (χ2n) is 6.98. The first-order valence-corrected chi connectivity index (χ1v) is 10.6. The molecule has 4 rings (SSSR count). The summed E-state index contributed by atoms with van der Waals surface area (Å²) in [6, 6.07) is 26.4. The second-order valence-corrected chi connectivity index (χ2v) is 8.18. The summed E-state index contributed by atoms with van der Waals surface area (Å²) in [5.74, 6) is 0.796. The summed E-state index contributed by atoms with van der Waals surface area (Å²) in [5.41, 5.74) is 8.43. The van der Waals surface area contributed by atoms with Crippen LogP contribution in [0, 0.1) is 13.8 Å². The van der Waals surface area contributed by atoms with E-state index in [1.165, 1.54) is 5.56 Å². The molecule has 0 unspecified atom stereocenters. The molecule has 150 valence electrons. The number of nitrogens with one attached hydrogen (secondary N) is 1. The summed E-state index contributed by atoms with van der Waals surface area (Å²) in [6.07, 6.45) is 1.77. The molecule has 0 atom stereocenters. The maximum Gasteiger partial charge on any atom is 0.204 e. The number of thiazole rings is 1. The highest BCUT2D eigenvalue weighted by atomic mass is 32.1. The molecule has 30 heavy (non-hydrogen) atoms. The van der Waals surface area contributed by atoms with Crippen LogP contribution in [0.2, 0.25) is 0 Å². The van der Waals surface area contributed by atoms with Crippen LogP contribution in [0.15, 0.2) is 84.0 Å². The van der Waals surface area contributed by atoms with Crippen LogP contribution in [-0.4, -0.2) is 11.2 Å². The fourth-order valence-corrected chi connectivity index (χ4v) is 3.93. The number of benzene rings is 3. The third-order valence-corrected chi connectivity index (χ3v) is 5.48. The number of ether oxygens (including phenoxy) is 1. The minimum Gasteiger partial charge on any atom is -0.488 e. The van der Waals surface area contributed by atoms with Crippen molar-refractivity contribution < 1.29 is 4.74 Å². The van der Waals surface area contributed by atoms with E-state index in [2.05, 4.69) is 59.7 Å². The number of aryl methyl sites for hydroxylation is 2. The molecular formula is C25H23N3OS. The van der Waals surface area contributed by atoms with Gasteiger partial charge in [0.05, 0.1) is 11.9 Å². The zero-order valence-electron chi connectivity index (χ0n) is 17.0. The van der Waals surface area contributed by atoms with Gasteiger partial charge in [0, 0.05) is 16.0 Å². The van der Waals surface area contributed by atoms with Crippen molar-refractivity contribution in [2.75, 3.05) is 5.43 Å². The Kier molecular flexibility index (Phi) is 6.20. The SMILES string of the molecule is Cc1cccc(COc2ccccc2/C=N/Nc2nc(-c3ccccc3)c(C)s2)c1. The molecule has 4 aromatic rings. The van der Waals surface area contributed by atoms with Gasteiger partial charge in [-0.05, 0) is 31.5 Å². The van der Waals surface area contributed by atoms with Gasteiger partial charge in [-0.15, -0.1) is 11.3 Å². The third-order valence-electron chi connectivity index (χ3n) is 4.60. The standard InChI is InChI=1S/C25H23N3OS/c1-18-9-8-10-20(15-18)17-29-23-14-7-6-13-22(23)16-26-28-25-27-24(19(2)30-25)21-11-4-3-5-12-21/h3-16H,17H2,1-2H3,(H,27,28)/b26-16+. The fraction of sp³-hybridized carbons (Fsp3) is 0.120. The quantitative estimate of drug-likeness (QED) is 0.280. The Hall–Kier alpha value is -3.44. The van der Waals surface area contributed by atoms with Crippen LogP contribution < -0.4 is 10.2 Å². The summed E-state index contributed by atoms with van der Waals surface area (Å²) >= 11 is 1.59. The molecule has 5 heteroatoms. The first kappa shape index (κ1) is 19.9. The van der Waals surface area contributed by atoms with Crippen molar-refractivity contribution >= 4 is 22.7 Å². The van der Waals surface area contributed by atoms with Gasteiger partial charge in [-0.2, -0.15) is 5.10 Å². The molecular weight excluding hydrogens is 390 g/mol. The van der Waals surface area contributed by atoms with Gasteiger partial charge in [0.25, 0.3) is 0 Å². The minimum atomic E-state index is 0.520. The molecule has 4 nitrogen and oxygen atoms in total. The Bertz CT molecular complexity index is 1150. The molecule has 0 amide bonds. The molecule has 1 aromatic heterocycles. The zero-order chi connectivity index (χ0) is 20.8. The van der Waals surface area contributed by atoms with E-state index in [1.807, 2.05) is 48.5 Å². The molecule has 0 fully saturated rings. The molecule has 0 saturated carbocycles. The lowest BCUT2D eigenvalue weighted by atomic mass is 10.1. The van der Waals surface area contributed by atoms with Gasteiger partial charge in [-0.3, -0.25) is 5.43 Å². The van der Waals surface area contributed by atoms with Gasteiger partial charge in [0.1, 0.15) is 12.4 Å². The van der Waals surface area contributed by atoms with E-state index >= 15 is 0 Å². The van der Waals surface area contributed by atoms with Gasteiger partial charge in [0.2, 0.25) is 5.13 Å². The first-order chi connectivity index (χ1) is 14.7. The normalized spacial score (nSPS) is 11.0. The number of aromatic nitrogens is 1. The number of hydrazone groups is 1. The smallest absolute Gasteiger partial charge is 0.204 e. The Balaban J connectivity index is 1.44. The molecule has 0 bridgehead atoms. The maximum atomic E-state index is 6.03. The number of hydrogen-bond donors (Lipinski definition) is 1. The molecule has 0 aliphatic rings. The van der Waals surface area contributed by atoms with Gasteiger partial charge in [0.15, 0.2) is 0 Å². The number of nitrogens with zero attached hydrogens (tertiary/aromatic N) is 2. The van der Waals surface area contributed by atoms with E-state index in [0.717, 1.165) is 38.1 Å². The maximum absolute atomic E-state index is 6.03. The van der Waals surface area contributed by atoms with E-state index in [-0.39, 0.29) is 0 Å². The molecule has 0 spiro atoms. The Morgan fingerprint density at radius 1 is 0.967 bits per heavy atom. The summed E-state index contributed by atoms with van der Waals surface area (Å²) < 4.78 is 6.03. The van der Waals surface area contributed by atoms with E-state index in [4.69, 9.17) is 4.74 Å². The zero-order valence-corrected chi connectivity index (χ0v) is 17.8. The second kappa shape index (κ2) is 9.37. The Morgan fingerprint density at radius 3 is 2.60 bits per heavy atom. The van der Waals surface area contributed by atoms with Crippen LogP contribution >= 0.6 is 11.3 Å². The largest absolute Gasteiger partial charge is 0.488 e. The van der Waals surface area contributed by atoms with Crippen molar-refractivity contribution in [3.8, 4) is 17.0 Å². The minimum absolute atomic E-state index is 0.520. The molecule has 0 saturated heterocycles. The van der Waals surface area contributed by atoms with Crippen molar-refractivity contribution in [1.29, 1.82) is 0 Å². The predicted octanol–water partition coefficient (Wildman–Crippen LogP) is 6.45. The van der Waals surface area contributed by atoms with E-state index < -0.39 is 0 Å². The van der Waals surface area contributed by atoms with Crippen LogP contribution in [0.25, 0.3) is 11.3 Å². The lowest BCUT2D eigenvalue weighted by Gasteiger charge is -2.09. The Morgan fingerprint density at radius 2 is 1.77 bits per heavy atom. The van der Waals surface area contributed by atoms with E-state index in [9.17, 15) is 0 Å². The van der Waals surface area contributed by atoms with Crippen LogP contribution in [0.1, 0.15) is 21.6 Å². The highest BCUT2D eigenvalue weighted by Gasteiger charge is 2.09. The molecule has 0 aliphatic carbocycles. The number of anilines is 1. The van der Waals surface area contributed by atoms with Crippen molar-refractivity contribution in [3.05, 3.63) is 100 Å². The highest BCUT2D eigenvalue weighted by molar-refractivity contribution is 7.15. The lowest BCUT2D eigenvalue weighted by Crippen LogP contribution is -1.99. The van der Waals surface area contributed by atoms with E-state index in [0.29, 0.717) is 6.61 Å². The topological polar surface area (TPSA) is 46.5 Å². The summed E-state index contributed by atoms with van der Waals surface area (Å²) in [4.78, 5) is 5.83.